The Balaban J connectivity index is 2.06. The molecule has 1 aromatic rings. The Morgan fingerprint density at radius 3 is 2.85 bits per heavy atom. The molecule has 5 heteroatoms. The maximum absolute atomic E-state index is 12.4. The largest absolute Gasteiger partial charge is 0.495 e. The van der Waals surface area contributed by atoms with E-state index in [2.05, 4.69) is 0 Å². The van der Waals surface area contributed by atoms with Crippen LogP contribution in [0.25, 0.3) is 0 Å². The maximum atomic E-state index is 12.4. The van der Waals surface area contributed by atoms with Crippen LogP contribution in [-0.4, -0.2) is 42.7 Å². The first kappa shape index (κ1) is 15.1. The summed E-state index contributed by atoms with van der Waals surface area (Å²) in [6.07, 6.45) is 2.55. The van der Waals surface area contributed by atoms with E-state index in [1.54, 1.807) is 30.1 Å². The van der Waals surface area contributed by atoms with E-state index in [1.165, 1.54) is 7.11 Å². The van der Waals surface area contributed by atoms with Crippen LogP contribution in [0.5, 0.6) is 5.75 Å². The quantitative estimate of drug-likeness (QED) is 0.929. The van der Waals surface area contributed by atoms with Crippen LogP contribution in [0.2, 0.25) is 5.02 Å². The van der Waals surface area contributed by atoms with Crippen LogP contribution in [0, 0.1) is 5.92 Å². The summed E-state index contributed by atoms with van der Waals surface area (Å²) in [5.74, 6) is 0.587. The zero-order valence-corrected chi connectivity index (χ0v) is 12.6. The predicted octanol–water partition coefficient (Wildman–Crippen LogP) is 2.58. The van der Waals surface area contributed by atoms with Crippen molar-refractivity contribution in [1.82, 2.24) is 4.90 Å². The van der Waals surface area contributed by atoms with Crippen molar-refractivity contribution in [2.45, 2.75) is 25.4 Å². The van der Waals surface area contributed by atoms with Gasteiger partial charge in [0.05, 0.1) is 18.2 Å². The predicted molar refractivity (Wildman–Crippen MR) is 78.3 cm³/mol. The van der Waals surface area contributed by atoms with Gasteiger partial charge in [0.1, 0.15) is 5.75 Å². The number of ether oxygens (including phenoxy) is 1. The van der Waals surface area contributed by atoms with E-state index < -0.39 is 0 Å². The van der Waals surface area contributed by atoms with Crippen LogP contribution in [-0.2, 0) is 0 Å². The Morgan fingerprint density at radius 1 is 1.50 bits per heavy atom. The monoisotopic (exact) mass is 297 g/mol. The minimum Gasteiger partial charge on any atom is -0.495 e. The Hall–Kier alpha value is -1.26. The fraction of sp³-hybridized carbons (Fsp3) is 0.533. The van der Waals surface area contributed by atoms with Crippen molar-refractivity contribution < 1.29 is 14.6 Å². The molecule has 0 bridgehead atoms. The van der Waals surface area contributed by atoms with Crippen molar-refractivity contribution in [2.24, 2.45) is 5.92 Å². The molecule has 0 aromatic heterocycles. The summed E-state index contributed by atoms with van der Waals surface area (Å²) < 4.78 is 5.12. The first-order chi connectivity index (χ1) is 9.52. The number of rotatable bonds is 4. The third-order valence-electron chi connectivity index (χ3n) is 3.87. The molecule has 1 N–H and O–H groups in total. The lowest BCUT2D eigenvalue weighted by atomic mass is 10.1. The highest BCUT2D eigenvalue weighted by Gasteiger charge is 2.27. The summed E-state index contributed by atoms with van der Waals surface area (Å²) in [7, 11) is 3.28. The molecular formula is C15H20ClNO3. The molecule has 2 unspecified atom stereocenters. The molecule has 110 valence electrons. The zero-order valence-electron chi connectivity index (χ0n) is 11.8. The van der Waals surface area contributed by atoms with Crippen molar-refractivity contribution in [3.8, 4) is 5.75 Å². The molecule has 2 rings (SSSR count). The van der Waals surface area contributed by atoms with Crippen LogP contribution in [0.3, 0.4) is 0 Å². The number of aliphatic hydroxyl groups is 1. The minimum absolute atomic E-state index is 0.0842. The summed E-state index contributed by atoms with van der Waals surface area (Å²) in [5, 5.41) is 10.3. The fourth-order valence-corrected chi connectivity index (χ4v) is 2.87. The number of halogens is 1. The van der Waals surface area contributed by atoms with E-state index in [0.29, 0.717) is 22.9 Å². The zero-order chi connectivity index (χ0) is 14.7. The van der Waals surface area contributed by atoms with Gasteiger partial charge in [-0.25, -0.2) is 0 Å². The molecule has 4 nitrogen and oxygen atoms in total. The van der Waals surface area contributed by atoms with Crippen molar-refractivity contribution in [2.75, 3.05) is 20.7 Å². The number of benzene rings is 1. The Bertz CT molecular complexity index is 492. The van der Waals surface area contributed by atoms with Gasteiger partial charge in [-0.1, -0.05) is 18.0 Å². The normalized spacial score (nSPS) is 21.8. The molecule has 0 aliphatic heterocycles. The molecule has 1 aromatic carbocycles. The van der Waals surface area contributed by atoms with E-state index >= 15 is 0 Å². The van der Waals surface area contributed by atoms with Crippen LogP contribution < -0.4 is 4.74 Å². The number of hydrogen-bond acceptors (Lipinski definition) is 3. The first-order valence-corrected chi connectivity index (χ1v) is 7.17. The van der Waals surface area contributed by atoms with Crippen LogP contribution in [0.4, 0.5) is 0 Å². The third-order valence-corrected chi connectivity index (χ3v) is 4.18. The first-order valence-electron chi connectivity index (χ1n) is 6.80. The molecule has 0 saturated heterocycles. The molecule has 1 fully saturated rings. The topological polar surface area (TPSA) is 49.8 Å². The van der Waals surface area contributed by atoms with E-state index in [4.69, 9.17) is 16.3 Å². The number of carbonyl (C=O) groups excluding carboxylic acids is 1. The van der Waals surface area contributed by atoms with Crippen molar-refractivity contribution in [1.29, 1.82) is 0 Å². The van der Waals surface area contributed by atoms with Crippen LogP contribution in [0.15, 0.2) is 18.2 Å². The fourth-order valence-electron chi connectivity index (χ4n) is 2.68. The van der Waals surface area contributed by atoms with E-state index in [0.717, 1.165) is 19.3 Å². The van der Waals surface area contributed by atoms with Gasteiger partial charge < -0.3 is 14.7 Å². The van der Waals surface area contributed by atoms with E-state index in [1.807, 2.05) is 0 Å². The Morgan fingerprint density at radius 2 is 2.25 bits per heavy atom. The average molecular weight is 298 g/mol. The van der Waals surface area contributed by atoms with Crippen LogP contribution >= 0.6 is 11.6 Å². The van der Waals surface area contributed by atoms with E-state index in [9.17, 15) is 9.90 Å². The molecule has 0 spiro atoms. The maximum Gasteiger partial charge on any atom is 0.253 e. The third kappa shape index (κ3) is 3.25. The molecule has 1 aliphatic carbocycles. The van der Waals surface area contributed by atoms with Gasteiger partial charge in [-0.3, -0.25) is 4.79 Å². The number of nitrogens with zero attached hydrogens (tertiary/aromatic N) is 1. The standard InChI is InChI=1S/C15H20ClNO3/c1-17(9-11-4-3-5-13(11)18)15(19)10-6-7-12(16)14(8-10)20-2/h6-8,11,13,18H,3-5,9H2,1-2H3. The summed E-state index contributed by atoms with van der Waals surface area (Å²) in [6, 6.07) is 4.99. The lowest BCUT2D eigenvalue weighted by Crippen LogP contribution is -2.34. The summed E-state index contributed by atoms with van der Waals surface area (Å²) in [5.41, 5.74) is 0.543. The van der Waals surface area contributed by atoms with Gasteiger partial charge >= 0.3 is 0 Å². The summed E-state index contributed by atoms with van der Waals surface area (Å²) >= 11 is 5.95. The van der Waals surface area contributed by atoms with Gasteiger partial charge in [0.15, 0.2) is 0 Å². The summed E-state index contributed by atoms with van der Waals surface area (Å²) in [6.45, 7) is 0.574. The molecule has 1 aliphatic rings. The Labute approximate surface area is 124 Å². The van der Waals surface area contributed by atoms with Gasteiger partial charge in [-0.15, -0.1) is 0 Å². The molecule has 20 heavy (non-hydrogen) atoms. The SMILES string of the molecule is COc1cc(C(=O)N(C)CC2CCCC2O)ccc1Cl. The highest BCUT2D eigenvalue weighted by molar-refractivity contribution is 6.32. The second-order valence-electron chi connectivity index (χ2n) is 5.29. The molecular weight excluding hydrogens is 278 g/mol. The van der Waals surface area contributed by atoms with Gasteiger partial charge in [-0.05, 0) is 31.0 Å². The minimum atomic E-state index is -0.287. The number of hydrogen-bond donors (Lipinski definition) is 1. The number of carbonyl (C=O) groups is 1. The lowest BCUT2D eigenvalue weighted by Gasteiger charge is -2.23. The number of aliphatic hydroxyl groups excluding tert-OH is 1. The van der Waals surface area contributed by atoms with Gasteiger partial charge in [0.2, 0.25) is 0 Å². The number of methoxy groups -OCH3 is 1. The molecule has 1 saturated carbocycles. The molecule has 1 amide bonds. The molecule has 2 atom stereocenters. The van der Waals surface area contributed by atoms with Crippen molar-refractivity contribution in [3.05, 3.63) is 28.8 Å². The molecule has 0 heterocycles. The summed E-state index contributed by atoms with van der Waals surface area (Å²) in [4.78, 5) is 14.0. The van der Waals surface area contributed by atoms with Crippen LogP contribution in [0.1, 0.15) is 29.6 Å². The second-order valence-corrected chi connectivity index (χ2v) is 5.70. The van der Waals surface area contributed by atoms with Gasteiger partial charge in [-0.2, -0.15) is 0 Å². The smallest absolute Gasteiger partial charge is 0.253 e. The lowest BCUT2D eigenvalue weighted by molar-refractivity contribution is 0.0693. The average Bonchev–Trinajstić information content (AvgIpc) is 2.84. The Kier molecular flexibility index (Phi) is 4.89. The van der Waals surface area contributed by atoms with E-state index in [-0.39, 0.29) is 17.9 Å². The second kappa shape index (κ2) is 6.46. The van der Waals surface area contributed by atoms with Crippen molar-refractivity contribution in [3.63, 3.8) is 0 Å². The highest BCUT2D eigenvalue weighted by atomic mass is 35.5. The van der Waals surface area contributed by atoms with Gasteiger partial charge in [0, 0.05) is 25.1 Å². The number of amides is 1. The van der Waals surface area contributed by atoms with Crippen molar-refractivity contribution >= 4 is 17.5 Å². The highest BCUT2D eigenvalue weighted by Crippen LogP contribution is 2.28. The van der Waals surface area contributed by atoms with Gasteiger partial charge in [0.25, 0.3) is 5.91 Å². The molecule has 0 radical (unpaired) electrons.